The van der Waals surface area contributed by atoms with Gasteiger partial charge in [0.15, 0.2) is 4.21 Å². The van der Waals surface area contributed by atoms with E-state index in [0.29, 0.717) is 11.3 Å². The molecule has 11 heteroatoms. The number of halogens is 6. The van der Waals surface area contributed by atoms with Gasteiger partial charge in [-0.1, -0.05) is 6.07 Å². The number of hydrogen-bond acceptors (Lipinski definition) is 4. The minimum atomic E-state index is -5.09. The third-order valence-electron chi connectivity index (χ3n) is 2.51. The van der Waals surface area contributed by atoms with Crippen LogP contribution in [-0.2, 0) is 22.5 Å². The Hall–Kier alpha value is -1.75. The van der Waals surface area contributed by atoms with E-state index in [-0.39, 0.29) is 22.4 Å². The van der Waals surface area contributed by atoms with Crippen molar-refractivity contribution in [2.24, 2.45) is 0 Å². The van der Waals surface area contributed by atoms with Crippen molar-refractivity contribution in [3.63, 3.8) is 0 Å². The molecule has 0 aliphatic carbocycles. The number of rotatable bonds is 3. The van der Waals surface area contributed by atoms with E-state index >= 15 is 0 Å². The van der Waals surface area contributed by atoms with Crippen molar-refractivity contribution in [3.05, 3.63) is 46.8 Å². The van der Waals surface area contributed by atoms with Crippen molar-refractivity contribution >= 4 is 21.5 Å². The fourth-order valence-electron chi connectivity index (χ4n) is 1.55. The number of hydrogen-bond donors (Lipinski definition) is 0. The van der Waals surface area contributed by atoms with Crippen LogP contribution in [0.3, 0.4) is 0 Å². The first-order valence-electron chi connectivity index (χ1n) is 5.67. The molecule has 0 aliphatic rings. The molecule has 2 aromatic rings. The summed E-state index contributed by atoms with van der Waals surface area (Å²) in [5.41, 5.74) is -3.33. The molecular weight excluding hydrogens is 370 g/mol. The first-order valence-corrected chi connectivity index (χ1v) is 7.96. The maximum absolute atomic E-state index is 12.7. The first-order chi connectivity index (χ1) is 10.4. The van der Waals surface area contributed by atoms with Gasteiger partial charge < -0.3 is 4.18 Å². The van der Waals surface area contributed by atoms with E-state index in [1.807, 2.05) is 0 Å². The van der Waals surface area contributed by atoms with Gasteiger partial charge in [0.25, 0.3) is 0 Å². The molecule has 0 amide bonds. The Morgan fingerprint density at radius 3 is 1.83 bits per heavy atom. The summed E-state index contributed by atoms with van der Waals surface area (Å²) in [4.78, 5) is 0. The Bertz CT molecular complexity index is 759. The zero-order valence-electron chi connectivity index (χ0n) is 10.8. The quantitative estimate of drug-likeness (QED) is 0.583. The second-order valence-corrected chi connectivity index (χ2v) is 6.93. The Balaban J connectivity index is 2.50. The maximum atomic E-state index is 12.7. The highest BCUT2D eigenvalue weighted by atomic mass is 32.3. The van der Waals surface area contributed by atoms with Crippen molar-refractivity contribution in [1.82, 2.24) is 0 Å². The Labute approximate surface area is 130 Å². The number of thiophene rings is 1. The Morgan fingerprint density at radius 2 is 1.43 bits per heavy atom. The van der Waals surface area contributed by atoms with Gasteiger partial charge in [-0.15, -0.1) is 11.3 Å². The van der Waals surface area contributed by atoms with Crippen LogP contribution in [0.25, 0.3) is 0 Å². The summed E-state index contributed by atoms with van der Waals surface area (Å²) in [6.45, 7) is 0. The molecule has 0 fully saturated rings. The lowest BCUT2D eigenvalue weighted by Gasteiger charge is -2.14. The van der Waals surface area contributed by atoms with Crippen LogP contribution in [0.5, 0.6) is 5.75 Å². The number of benzene rings is 1. The lowest BCUT2D eigenvalue weighted by molar-refractivity contribution is -0.143. The molecule has 23 heavy (non-hydrogen) atoms. The maximum Gasteiger partial charge on any atom is 0.416 e. The smallest absolute Gasteiger partial charge is 0.378 e. The van der Waals surface area contributed by atoms with Gasteiger partial charge in [0.05, 0.1) is 11.1 Å². The van der Waals surface area contributed by atoms with Crippen LogP contribution in [-0.4, -0.2) is 8.42 Å². The van der Waals surface area contributed by atoms with Crippen molar-refractivity contribution in [2.75, 3.05) is 0 Å². The summed E-state index contributed by atoms with van der Waals surface area (Å²) in [5.74, 6) is -1.07. The molecule has 1 aromatic heterocycles. The molecule has 0 bridgehead atoms. The Morgan fingerprint density at radius 1 is 0.913 bits per heavy atom. The molecule has 0 atom stereocenters. The predicted molar refractivity (Wildman–Crippen MR) is 68.6 cm³/mol. The van der Waals surface area contributed by atoms with Gasteiger partial charge in [-0.25, -0.2) is 0 Å². The van der Waals surface area contributed by atoms with Gasteiger partial charge in [0.2, 0.25) is 0 Å². The highest BCUT2D eigenvalue weighted by Gasteiger charge is 2.37. The van der Waals surface area contributed by atoms with E-state index < -0.39 is 39.3 Å². The molecule has 0 radical (unpaired) electrons. The molecule has 2 rings (SSSR count). The fourth-order valence-corrected chi connectivity index (χ4v) is 3.41. The van der Waals surface area contributed by atoms with Crippen LogP contribution < -0.4 is 4.18 Å². The van der Waals surface area contributed by atoms with E-state index in [1.165, 1.54) is 11.4 Å². The van der Waals surface area contributed by atoms with Crippen molar-refractivity contribution < 1.29 is 38.9 Å². The summed E-state index contributed by atoms with van der Waals surface area (Å²) in [6.07, 6.45) is -10.2. The summed E-state index contributed by atoms with van der Waals surface area (Å²) >= 11 is 0.711. The zero-order valence-corrected chi connectivity index (χ0v) is 12.4. The van der Waals surface area contributed by atoms with Crippen molar-refractivity contribution in [2.45, 2.75) is 16.6 Å². The van der Waals surface area contributed by atoms with Gasteiger partial charge in [-0.05, 0) is 29.6 Å². The molecule has 0 unspecified atom stereocenters. The van der Waals surface area contributed by atoms with Crippen LogP contribution in [0.15, 0.2) is 39.9 Å². The largest absolute Gasteiger partial charge is 0.416 e. The highest BCUT2D eigenvalue weighted by Crippen LogP contribution is 2.38. The lowest BCUT2D eigenvalue weighted by atomic mass is 10.1. The van der Waals surface area contributed by atoms with Crippen molar-refractivity contribution in [3.8, 4) is 5.75 Å². The average Bonchev–Trinajstić information content (AvgIpc) is 2.90. The van der Waals surface area contributed by atoms with Crippen LogP contribution in [0.4, 0.5) is 26.3 Å². The Kier molecular flexibility index (Phi) is 4.37. The van der Waals surface area contributed by atoms with E-state index in [1.54, 1.807) is 0 Å². The second kappa shape index (κ2) is 5.71. The molecule has 0 N–H and O–H groups in total. The molecule has 126 valence electrons. The molecule has 0 spiro atoms. The summed E-state index contributed by atoms with van der Waals surface area (Å²) in [6, 6.07) is 2.72. The fraction of sp³-hybridized carbons (Fsp3) is 0.167. The second-order valence-electron chi connectivity index (χ2n) is 4.21. The van der Waals surface area contributed by atoms with Crippen molar-refractivity contribution in [1.29, 1.82) is 0 Å². The topological polar surface area (TPSA) is 43.4 Å². The third kappa shape index (κ3) is 4.16. The van der Waals surface area contributed by atoms with Crippen LogP contribution in [0.1, 0.15) is 11.1 Å². The van der Waals surface area contributed by atoms with E-state index in [2.05, 4.69) is 4.18 Å². The monoisotopic (exact) mass is 376 g/mol. The first kappa shape index (κ1) is 17.6. The molecular formula is C12H6F6O3S2. The van der Waals surface area contributed by atoms with Gasteiger partial charge in [-0.2, -0.15) is 34.8 Å². The SMILES string of the molecule is O=S(=O)(Oc1cc(C(F)(F)F)cc(C(F)(F)F)c1)c1cccs1. The predicted octanol–water partition coefficient (Wildman–Crippen LogP) is 4.55. The molecule has 0 saturated carbocycles. The van der Waals surface area contributed by atoms with Crippen LogP contribution in [0, 0.1) is 0 Å². The normalized spacial score (nSPS) is 13.1. The minimum Gasteiger partial charge on any atom is -0.378 e. The van der Waals surface area contributed by atoms with Gasteiger partial charge in [-0.3, -0.25) is 0 Å². The summed E-state index contributed by atoms with van der Waals surface area (Å²) in [7, 11) is -4.51. The molecule has 0 saturated heterocycles. The molecule has 3 nitrogen and oxygen atoms in total. The van der Waals surface area contributed by atoms with E-state index in [4.69, 9.17) is 0 Å². The van der Waals surface area contributed by atoms with Gasteiger partial charge in [0, 0.05) is 0 Å². The summed E-state index contributed by atoms with van der Waals surface area (Å²) in [5, 5.41) is 1.36. The zero-order chi connectivity index (χ0) is 17.5. The van der Waals surface area contributed by atoms with Crippen LogP contribution in [0.2, 0.25) is 0 Å². The van der Waals surface area contributed by atoms with Gasteiger partial charge >= 0.3 is 22.5 Å². The third-order valence-corrected chi connectivity index (χ3v) is 5.11. The standard InChI is InChI=1S/C12H6F6O3S2/c13-11(14,15)7-4-8(12(16,17)18)6-9(5-7)21-23(19,20)10-2-1-3-22-10/h1-6H. The number of alkyl halides is 6. The average molecular weight is 376 g/mol. The molecule has 1 heterocycles. The minimum absolute atomic E-state index is 0.120. The highest BCUT2D eigenvalue weighted by molar-refractivity contribution is 7.89. The lowest BCUT2D eigenvalue weighted by Crippen LogP contribution is -2.13. The van der Waals surface area contributed by atoms with Crippen LogP contribution >= 0.6 is 11.3 Å². The van der Waals surface area contributed by atoms with Gasteiger partial charge in [0.1, 0.15) is 5.75 Å². The molecule has 0 aliphatic heterocycles. The summed E-state index contributed by atoms with van der Waals surface area (Å²) < 4.78 is 104. The molecule has 1 aromatic carbocycles. The van der Waals surface area contributed by atoms with E-state index in [0.717, 1.165) is 6.07 Å². The van der Waals surface area contributed by atoms with E-state index in [9.17, 15) is 34.8 Å².